The number of hydrogen-bond acceptors (Lipinski definition) is 4. The molecule has 4 rings (SSSR count). The number of hydrogen-bond donors (Lipinski definition) is 1. The summed E-state index contributed by atoms with van der Waals surface area (Å²) < 4.78 is 27.0. The third-order valence-corrected chi connectivity index (χ3v) is 7.81. The monoisotopic (exact) mass is 511 g/mol. The Kier molecular flexibility index (Phi) is 9.08. The summed E-state index contributed by atoms with van der Waals surface area (Å²) in [6.07, 6.45) is 4.34. The fourth-order valence-corrected chi connectivity index (χ4v) is 5.90. The summed E-state index contributed by atoms with van der Waals surface area (Å²) in [5, 5.41) is 0. The van der Waals surface area contributed by atoms with E-state index in [0.717, 1.165) is 31.4 Å². The Hall–Kier alpha value is -2.64. The summed E-state index contributed by atoms with van der Waals surface area (Å²) in [6.45, 7) is 5.34. The zero-order valence-electron chi connectivity index (χ0n) is 21.9. The summed E-state index contributed by atoms with van der Waals surface area (Å²) >= 11 is 0. The van der Waals surface area contributed by atoms with Crippen LogP contribution >= 0.6 is 0 Å². The molecule has 2 aromatic rings. The predicted octanol–water partition coefficient (Wildman–Crippen LogP) is 4.52. The molecule has 2 heterocycles. The van der Waals surface area contributed by atoms with Crippen LogP contribution in [0.25, 0.3) is 0 Å². The molecule has 0 spiro atoms. The van der Waals surface area contributed by atoms with E-state index in [9.17, 15) is 18.4 Å². The summed E-state index contributed by atoms with van der Waals surface area (Å²) in [6, 6.07) is 13.5. The zero-order chi connectivity index (χ0) is 26.5. The van der Waals surface area contributed by atoms with Gasteiger partial charge in [-0.2, -0.15) is 0 Å². The average molecular weight is 512 g/mol. The molecule has 2 fully saturated rings. The third-order valence-electron chi connectivity index (χ3n) is 7.81. The van der Waals surface area contributed by atoms with E-state index in [4.69, 9.17) is 5.73 Å². The van der Waals surface area contributed by atoms with Crippen molar-refractivity contribution in [1.82, 2.24) is 9.80 Å². The van der Waals surface area contributed by atoms with Gasteiger partial charge in [0, 0.05) is 31.6 Å². The number of nitrogens with zero attached hydrogens (tertiary/aromatic N) is 2. The van der Waals surface area contributed by atoms with Gasteiger partial charge in [0.05, 0.1) is 12.1 Å². The first-order chi connectivity index (χ1) is 17.7. The molecule has 5 nitrogen and oxygen atoms in total. The van der Waals surface area contributed by atoms with Crippen molar-refractivity contribution < 1.29 is 18.4 Å². The van der Waals surface area contributed by atoms with Crippen molar-refractivity contribution in [2.24, 2.45) is 11.7 Å². The van der Waals surface area contributed by atoms with Crippen LogP contribution in [0.5, 0.6) is 0 Å². The largest absolute Gasteiger partial charge is 0.331 e. The van der Waals surface area contributed by atoms with Crippen molar-refractivity contribution in [3.8, 4) is 0 Å². The van der Waals surface area contributed by atoms with E-state index >= 15 is 0 Å². The number of rotatable bonds is 10. The molecular weight excluding hydrogens is 472 g/mol. The van der Waals surface area contributed by atoms with Gasteiger partial charge in [0.25, 0.3) is 0 Å². The van der Waals surface area contributed by atoms with E-state index in [0.29, 0.717) is 37.9 Å². The maximum absolute atomic E-state index is 13.9. The molecule has 2 saturated heterocycles. The number of Topliss-reactive ketones (excluding diaryl/α,β-unsaturated/α-hetero) is 1. The number of carbonyl (C=O) groups excluding carboxylic acids is 2. The molecule has 1 amide bonds. The zero-order valence-corrected chi connectivity index (χ0v) is 21.9. The van der Waals surface area contributed by atoms with Crippen LogP contribution in [0.4, 0.5) is 8.78 Å². The molecule has 0 radical (unpaired) electrons. The highest BCUT2D eigenvalue weighted by Gasteiger charge is 2.45. The van der Waals surface area contributed by atoms with Crippen LogP contribution < -0.4 is 5.73 Å². The van der Waals surface area contributed by atoms with Gasteiger partial charge in [0.1, 0.15) is 0 Å². The third kappa shape index (κ3) is 6.82. The number of aryl methyl sites for hydroxylation is 2. The van der Waals surface area contributed by atoms with Gasteiger partial charge in [-0.25, -0.2) is 8.78 Å². The molecule has 4 atom stereocenters. The summed E-state index contributed by atoms with van der Waals surface area (Å²) in [4.78, 5) is 31.5. The van der Waals surface area contributed by atoms with Crippen LogP contribution in [0, 0.1) is 17.6 Å². The summed E-state index contributed by atoms with van der Waals surface area (Å²) in [5.74, 6) is -1.61. The lowest BCUT2D eigenvalue weighted by Crippen LogP contribution is -2.51. The lowest BCUT2D eigenvalue weighted by molar-refractivity contribution is -0.142. The Labute approximate surface area is 219 Å². The summed E-state index contributed by atoms with van der Waals surface area (Å²) in [7, 11) is 0. The van der Waals surface area contributed by atoms with Gasteiger partial charge in [-0.1, -0.05) is 50.2 Å². The van der Waals surface area contributed by atoms with E-state index in [1.54, 1.807) is 0 Å². The maximum Gasteiger partial charge on any atom is 0.240 e. The van der Waals surface area contributed by atoms with E-state index < -0.39 is 17.7 Å². The van der Waals surface area contributed by atoms with E-state index in [1.165, 1.54) is 11.6 Å². The highest BCUT2D eigenvalue weighted by molar-refractivity contribution is 5.91. The molecule has 0 aromatic heterocycles. The van der Waals surface area contributed by atoms with Gasteiger partial charge < -0.3 is 10.6 Å². The van der Waals surface area contributed by atoms with Gasteiger partial charge in [0.2, 0.25) is 5.91 Å². The minimum Gasteiger partial charge on any atom is -0.331 e. The molecule has 0 bridgehead atoms. The van der Waals surface area contributed by atoms with Crippen molar-refractivity contribution >= 4 is 11.7 Å². The Morgan fingerprint density at radius 1 is 1.05 bits per heavy atom. The Balaban J connectivity index is 1.50. The second-order valence-corrected chi connectivity index (χ2v) is 11.1. The topological polar surface area (TPSA) is 66.6 Å². The first-order valence-electron chi connectivity index (χ1n) is 13.5. The number of halogens is 2. The molecule has 37 heavy (non-hydrogen) atoms. The van der Waals surface area contributed by atoms with Crippen molar-refractivity contribution in [2.45, 2.75) is 83.0 Å². The Morgan fingerprint density at radius 2 is 1.81 bits per heavy atom. The number of benzene rings is 2. The standard InChI is InChI=1S/C30H39F2N3O2/c1-20(2)16-27(29(36)13-10-22-9-12-25(31)26(32)17-22)34-15-14-24(11-8-21-6-4-3-5-7-21)35-19-23(33)18-28(35)30(34)37/h3-7,9,12,17,20,23-24,27-28H,8,10-11,13-16,18-19,33H2,1-2H3/t23-,24?,27-,28+/m1/s1. The fourth-order valence-electron chi connectivity index (χ4n) is 5.90. The number of nitrogens with two attached hydrogens (primary N) is 1. The lowest BCUT2D eigenvalue weighted by atomic mass is 9.94. The second kappa shape index (κ2) is 12.3. The minimum atomic E-state index is -0.911. The van der Waals surface area contributed by atoms with E-state index in [-0.39, 0.29) is 42.2 Å². The molecule has 2 aliphatic rings. The molecule has 7 heteroatoms. The van der Waals surface area contributed by atoms with Crippen LogP contribution in [0.3, 0.4) is 0 Å². The first kappa shape index (κ1) is 27.4. The molecule has 0 aliphatic carbocycles. The lowest BCUT2D eigenvalue weighted by Gasteiger charge is -2.33. The molecule has 200 valence electrons. The fraction of sp³-hybridized carbons (Fsp3) is 0.533. The van der Waals surface area contributed by atoms with Gasteiger partial charge >= 0.3 is 0 Å². The highest BCUT2D eigenvalue weighted by atomic mass is 19.2. The Morgan fingerprint density at radius 3 is 2.51 bits per heavy atom. The van der Waals surface area contributed by atoms with Crippen LogP contribution in [0.15, 0.2) is 48.5 Å². The van der Waals surface area contributed by atoms with E-state index in [1.807, 2.05) is 23.1 Å². The van der Waals surface area contributed by atoms with Gasteiger partial charge in [-0.05, 0) is 67.7 Å². The molecule has 1 unspecified atom stereocenters. The number of amides is 1. The molecule has 2 aliphatic heterocycles. The minimum absolute atomic E-state index is 0.00184. The quantitative estimate of drug-likeness (QED) is 0.510. The van der Waals surface area contributed by atoms with Crippen LogP contribution in [-0.2, 0) is 22.4 Å². The van der Waals surface area contributed by atoms with Gasteiger partial charge in [-0.3, -0.25) is 14.5 Å². The van der Waals surface area contributed by atoms with Crippen molar-refractivity contribution in [3.63, 3.8) is 0 Å². The number of fused-ring (bicyclic) bond motifs is 1. The SMILES string of the molecule is CC(C)C[C@H](C(=O)CCc1ccc(F)c(F)c1)N1CCC(CCc2ccccc2)N2C[C@H](N)C[C@H]2C1=O. The normalized spacial score (nSPS) is 23.2. The molecule has 2 N–H and O–H groups in total. The molecular formula is C30H39F2N3O2. The second-order valence-electron chi connectivity index (χ2n) is 11.1. The predicted molar refractivity (Wildman–Crippen MR) is 141 cm³/mol. The average Bonchev–Trinajstić information content (AvgIpc) is 3.22. The Bertz CT molecular complexity index is 1080. The van der Waals surface area contributed by atoms with Gasteiger partial charge in [0.15, 0.2) is 17.4 Å². The number of carbonyl (C=O) groups is 2. The highest BCUT2D eigenvalue weighted by Crippen LogP contribution is 2.31. The van der Waals surface area contributed by atoms with Crippen LogP contribution in [-0.4, -0.2) is 58.7 Å². The smallest absolute Gasteiger partial charge is 0.240 e. The van der Waals surface area contributed by atoms with E-state index in [2.05, 4.69) is 30.9 Å². The maximum atomic E-state index is 13.9. The number of ketones is 1. The molecule has 2 aromatic carbocycles. The van der Waals surface area contributed by atoms with Crippen molar-refractivity contribution in [2.75, 3.05) is 13.1 Å². The molecule has 0 saturated carbocycles. The summed E-state index contributed by atoms with van der Waals surface area (Å²) in [5.41, 5.74) is 8.19. The first-order valence-corrected chi connectivity index (χ1v) is 13.5. The van der Waals surface area contributed by atoms with Gasteiger partial charge in [-0.15, -0.1) is 0 Å². The van der Waals surface area contributed by atoms with Crippen molar-refractivity contribution in [3.05, 3.63) is 71.3 Å². The van der Waals surface area contributed by atoms with Crippen LogP contribution in [0.1, 0.15) is 57.1 Å². The van der Waals surface area contributed by atoms with Crippen molar-refractivity contribution in [1.29, 1.82) is 0 Å². The van der Waals surface area contributed by atoms with Crippen LogP contribution in [0.2, 0.25) is 0 Å².